The lowest BCUT2D eigenvalue weighted by Crippen LogP contribution is -2.39. The predicted molar refractivity (Wildman–Crippen MR) is 157 cm³/mol. The fourth-order valence-electron chi connectivity index (χ4n) is 4.33. The topological polar surface area (TPSA) is 98.3 Å². The van der Waals surface area contributed by atoms with Crippen molar-refractivity contribution in [1.29, 1.82) is 0 Å². The molecular formula is C27H36ClN3O6S2. The van der Waals surface area contributed by atoms with Crippen molar-refractivity contribution in [3.8, 4) is 11.5 Å². The Balaban J connectivity index is 0.00000420. The summed E-state index contributed by atoms with van der Waals surface area (Å²) >= 11 is 1.40. The number of methoxy groups -OCH3 is 2. The van der Waals surface area contributed by atoms with Gasteiger partial charge < -0.3 is 14.2 Å². The van der Waals surface area contributed by atoms with E-state index in [1.807, 2.05) is 12.1 Å². The smallest absolute Gasteiger partial charge is 0.233 e. The van der Waals surface area contributed by atoms with Gasteiger partial charge in [0.1, 0.15) is 21.7 Å². The molecule has 0 N–H and O–H groups in total. The van der Waals surface area contributed by atoms with E-state index in [0.717, 1.165) is 49.5 Å². The van der Waals surface area contributed by atoms with Gasteiger partial charge in [-0.2, -0.15) is 0 Å². The molecule has 3 aromatic rings. The summed E-state index contributed by atoms with van der Waals surface area (Å²) in [6, 6.07) is 10.2. The van der Waals surface area contributed by atoms with Crippen LogP contribution in [0.25, 0.3) is 10.2 Å². The Hall–Kier alpha value is -2.44. The van der Waals surface area contributed by atoms with Gasteiger partial charge in [0, 0.05) is 26.2 Å². The van der Waals surface area contributed by atoms with E-state index in [1.54, 1.807) is 57.2 Å². The Morgan fingerprint density at radius 2 is 1.72 bits per heavy atom. The summed E-state index contributed by atoms with van der Waals surface area (Å²) in [6.45, 7) is 7.88. The van der Waals surface area contributed by atoms with Gasteiger partial charge in [0.25, 0.3) is 0 Å². The first-order chi connectivity index (χ1) is 18.2. The van der Waals surface area contributed by atoms with E-state index < -0.39 is 15.1 Å². The summed E-state index contributed by atoms with van der Waals surface area (Å²) in [5.74, 6) is 1.18. The first-order valence-electron chi connectivity index (χ1n) is 12.7. The van der Waals surface area contributed by atoms with Crippen LogP contribution in [0.1, 0.15) is 25.8 Å². The molecule has 2 aromatic carbocycles. The van der Waals surface area contributed by atoms with E-state index in [9.17, 15) is 13.2 Å². The van der Waals surface area contributed by atoms with Crippen LogP contribution in [0.2, 0.25) is 0 Å². The highest BCUT2D eigenvalue weighted by Gasteiger charge is 2.24. The van der Waals surface area contributed by atoms with Crippen LogP contribution in [0.4, 0.5) is 5.13 Å². The fourth-order valence-corrected chi connectivity index (χ4v) is 6.51. The number of carbonyl (C=O) groups is 1. The molecule has 4 rings (SSSR count). The number of nitrogens with zero attached hydrogens (tertiary/aromatic N) is 3. The highest BCUT2D eigenvalue weighted by Crippen LogP contribution is 2.40. The lowest BCUT2D eigenvalue weighted by Gasteiger charge is -2.27. The molecule has 0 saturated carbocycles. The molecule has 0 radical (unpaired) electrons. The van der Waals surface area contributed by atoms with Gasteiger partial charge in [0.15, 0.2) is 15.0 Å². The molecule has 1 saturated heterocycles. The van der Waals surface area contributed by atoms with Gasteiger partial charge >= 0.3 is 0 Å². The number of ether oxygens (including phenoxy) is 3. The molecule has 1 aliphatic rings. The van der Waals surface area contributed by atoms with Crippen LogP contribution < -0.4 is 14.4 Å². The summed E-state index contributed by atoms with van der Waals surface area (Å²) in [5.41, 5.74) is 1.40. The van der Waals surface area contributed by atoms with E-state index in [2.05, 4.69) is 4.90 Å². The molecule has 0 bridgehead atoms. The zero-order valence-electron chi connectivity index (χ0n) is 22.7. The summed E-state index contributed by atoms with van der Waals surface area (Å²) < 4.78 is 42.3. The third-order valence-electron chi connectivity index (χ3n) is 6.62. The Morgan fingerprint density at radius 3 is 2.33 bits per heavy atom. The number of hydrogen-bond acceptors (Lipinski definition) is 9. The molecule has 2 heterocycles. The van der Waals surface area contributed by atoms with Gasteiger partial charge in [-0.25, -0.2) is 13.4 Å². The van der Waals surface area contributed by atoms with Crippen LogP contribution in [0.5, 0.6) is 11.5 Å². The summed E-state index contributed by atoms with van der Waals surface area (Å²) in [5, 5.41) is 0.0683. The van der Waals surface area contributed by atoms with Gasteiger partial charge in [0.2, 0.25) is 5.91 Å². The first-order valence-corrected chi connectivity index (χ1v) is 15.1. The monoisotopic (exact) mass is 597 g/mol. The van der Waals surface area contributed by atoms with Gasteiger partial charge in [0.05, 0.1) is 44.0 Å². The predicted octanol–water partition coefficient (Wildman–Crippen LogP) is 4.22. The minimum atomic E-state index is -3.37. The van der Waals surface area contributed by atoms with Crippen molar-refractivity contribution in [2.75, 3.05) is 58.5 Å². The zero-order valence-corrected chi connectivity index (χ0v) is 25.2. The quantitative estimate of drug-likeness (QED) is 0.324. The van der Waals surface area contributed by atoms with E-state index in [-0.39, 0.29) is 29.6 Å². The number of benzene rings is 2. The van der Waals surface area contributed by atoms with E-state index >= 15 is 0 Å². The van der Waals surface area contributed by atoms with Crippen molar-refractivity contribution < 1.29 is 27.4 Å². The number of halogens is 1. The fraction of sp³-hybridized carbons (Fsp3) is 0.481. The van der Waals surface area contributed by atoms with E-state index in [4.69, 9.17) is 19.2 Å². The molecule has 214 valence electrons. The van der Waals surface area contributed by atoms with Crippen molar-refractivity contribution >= 4 is 54.8 Å². The van der Waals surface area contributed by atoms with E-state index in [1.165, 1.54) is 11.3 Å². The van der Waals surface area contributed by atoms with Crippen molar-refractivity contribution in [1.82, 2.24) is 9.88 Å². The number of rotatable bonds is 11. The Kier molecular flexibility index (Phi) is 11.0. The Labute approximate surface area is 240 Å². The van der Waals surface area contributed by atoms with Crippen LogP contribution in [0.15, 0.2) is 41.3 Å². The largest absolute Gasteiger partial charge is 0.495 e. The van der Waals surface area contributed by atoms with Crippen LogP contribution in [0, 0.1) is 0 Å². The van der Waals surface area contributed by atoms with Crippen molar-refractivity contribution in [2.24, 2.45) is 0 Å². The summed E-state index contributed by atoms with van der Waals surface area (Å²) in [7, 11) is -0.175. The Morgan fingerprint density at radius 1 is 1.08 bits per heavy atom. The lowest BCUT2D eigenvalue weighted by molar-refractivity contribution is -0.118. The van der Waals surface area contributed by atoms with Crippen LogP contribution in [-0.2, 0) is 25.8 Å². The molecule has 0 unspecified atom stereocenters. The number of morpholine rings is 1. The Bertz CT molecular complexity index is 1310. The minimum Gasteiger partial charge on any atom is -0.495 e. The third kappa shape index (κ3) is 7.20. The minimum absolute atomic E-state index is 0. The molecule has 0 aliphatic carbocycles. The SMILES string of the molecule is COc1ccc(OC)c2sc(N(CCCN3CCOCC3)C(=O)Cc3ccc(S(=O)(=O)C(C)C)cc3)nc12.Cl. The number of aromatic nitrogens is 1. The molecule has 0 spiro atoms. The molecule has 0 atom stereocenters. The van der Waals surface area contributed by atoms with Gasteiger partial charge in [-0.3, -0.25) is 14.6 Å². The number of carbonyl (C=O) groups excluding carboxylic acids is 1. The molecule has 1 amide bonds. The lowest BCUT2D eigenvalue weighted by atomic mass is 10.1. The molecule has 1 aromatic heterocycles. The first kappa shape index (κ1) is 31.1. The maximum atomic E-state index is 13.6. The summed E-state index contributed by atoms with van der Waals surface area (Å²) in [4.78, 5) is 22.8. The molecule has 39 heavy (non-hydrogen) atoms. The number of thiazole rings is 1. The number of sulfone groups is 1. The van der Waals surface area contributed by atoms with Crippen LogP contribution in [-0.4, -0.2) is 83.1 Å². The van der Waals surface area contributed by atoms with Crippen molar-refractivity contribution in [2.45, 2.75) is 36.8 Å². The number of fused-ring (bicyclic) bond motifs is 1. The molecular weight excluding hydrogens is 562 g/mol. The highest BCUT2D eigenvalue weighted by atomic mass is 35.5. The highest BCUT2D eigenvalue weighted by molar-refractivity contribution is 7.92. The third-order valence-corrected chi connectivity index (χ3v) is 9.88. The zero-order chi connectivity index (χ0) is 27.3. The second-order valence-electron chi connectivity index (χ2n) is 9.41. The molecule has 1 aliphatic heterocycles. The number of anilines is 1. The second-order valence-corrected chi connectivity index (χ2v) is 12.9. The molecule has 1 fully saturated rings. The average Bonchev–Trinajstić information content (AvgIpc) is 3.36. The van der Waals surface area contributed by atoms with Crippen LogP contribution >= 0.6 is 23.7 Å². The van der Waals surface area contributed by atoms with E-state index in [0.29, 0.717) is 28.7 Å². The number of amides is 1. The van der Waals surface area contributed by atoms with Gasteiger partial charge in [-0.1, -0.05) is 23.5 Å². The molecule has 9 nitrogen and oxygen atoms in total. The maximum absolute atomic E-state index is 13.6. The standard InChI is InChI=1S/C27H35N3O6S2.ClH/c1-19(2)38(32,33)21-8-6-20(7-9-21)18-24(31)30(13-5-12-29-14-16-36-17-15-29)27-28-25-22(34-3)10-11-23(35-4)26(25)37-27;/h6-11,19H,5,12-18H2,1-4H3;1H. The normalized spacial score (nSPS) is 14.3. The number of hydrogen-bond donors (Lipinski definition) is 0. The van der Waals surface area contributed by atoms with Crippen molar-refractivity contribution in [3.05, 3.63) is 42.0 Å². The maximum Gasteiger partial charge on any atom is 0.233 e. The van der Waals surface area contributed by atoms with Gasteiger partial charge in [-0.15, -0.1) is 12.4 Å². The van der Waals surface area contributed by atoms with Crippen molar-refractivity contribution in [3.63, 3.8) is 0 Å². The van der Waals surface area contributed by atoms with Gasteiger partial charge in [-0.05, 0) is 50.1 Å². The van der Waals surface area contributed by atoms with Crippen LogP contribution in [0.3, 0.4) is 0 Å². The average molecular weight is 598 g/mol. The molecule has 12 heteroatoms. The second kappa shape index (κ2) is 13.8. The summed E-state index contributed by atoms with van der Waals surface area (Å²) in [6.07, 6.45) is 0.908.